The third-order valence-corrected chi connectivity index (χ3v) is 8.86. The van der Waals surface area contributed by atoms with Crippen LogP contribution in [0.4, 0.5) is 4.39 Å². The molecule has 216 valence electrons. The fourth-order valence-corrected chi connectivity index (χ4v) is 6.41. The molecule has 43 heavy (non-hydrogen) atoms. The number of pyridine rings is 1. The number of imidazole rings is 1. The van der Waals surface area contributed by atoms with Crippen LogP contribution in [0.2, 0.25) is 0 Å². The van der Waals surface area contributed by atoms with Crippen molar-refractivity contribution in [2.45, 2.75) is 45.1 Å². The second kappa shape index (κ2) is 11.9. The molecule has 3 aromatic carbocycles. The van der Waals surface area contributed by atoms with Crippen molar-refractivity contribution in [1.82, 2.24) is 14.5 Å². The summed E-state index contributed by atoms with van der Waals surface area (Å²) >= 11 is 0. The lowest BCUT2D eigenvalue weighted by atomic mass is 9.72. The van der Waals surface area contributed by atoms with Gasteiger partial charge in [0.15, 0.2) is 5.78 Å². The molecule has 1 fully saturated rings. The van der Waals surface area contributed by atoms with Crippen molar-refractivity contribution in [2.75, 3.05) is 0 Å². The summed E-state index contributed by atoms with van der Waals surface area (Å²) in [6, 6.07) is 34.1. The van der Waals surface area contributed by atoms with Crippen molar-refractivity contribution < 1.29 is 9.18 Å². The predicted molar refractivity (Wildman–Crippen MR) is 170 cm³/mol. The highest BCUT2D eigenvalue weighted by atomic mass is 19.1. The van der Waals surface area contributed by atoms with E-state index in [1.54, 1.807) is 18.2 Å². The van der Waals surface area contributed by atoms with E-state index in [-0.39, 0.29) is 17.1 Å². The first-order valence-electron chi connectivity index (χ1n) is 15.0. The standard InChI is InChI=1S/C38H36FN3O/c1-37(2)24-22-28(23-25-37)35(43)20-19-33-32(18-21-36(39)41-33)34-26-42(27-40-34)38(29-12-6-3-7-13-29,30-14-8-4-9-15-30)31-16-10-5-11-17-31/h3-21,26-28H,22-25H2,1-2H3/b20-19+. The number of carbonyl (C=O) groups excluding carboxylic acids is 1. The fourth-order valence-electron chi connectivity index (χ4n) is 6.41. The highest BCUT2D eigenvalue weighted by Crippen LogP contribution is 2.42. The number of ketones is 1. The summed E-state index contributed by atoms with van der Waals surface area (Å²) < 4.78 is 16.5. The fraction of sp³-hybridized carbons (Fsp3) is 0.237. The van der Waals surface area contributed by atoms with Crippen molar-refractivity contribution in [3.8, 4) is 11.3 Å². The summed E-state index contributed by atoms with van der Waals surface area (Å²) in [5.74, 6) is -0.514. The quantitative estimate of drug-likeness (QED) is 0.107. The minimum atomic E-state index is -0.719. The summed E-state index contributed by atoms with van der Waals surface area (Å²) in [6.45, 7) is 4.52. The van der Waals surface area contributed by atoms with Crippen molar-refractivity contribution in [3.63, 3.8) is 0 Å². The van der Waals surface area contributed by atoms with E-state index in [1.165, 1.54) is 6.07 Å². The van der Waals surface area contributed by atoms with Gasteiger partial charge < -0.3 is 4.57 Å². The normalized spacial score (nSPS) is 15.5. The Hall–Kier alpha value is -4.64. The monoisotopic (exact) mass is 569 g/mol. The molecule has 0 atom stereocenters. The molecule has 4 nitrogen and oxygen atoms in total. The number of halogens is 1. The highest BCUT2D eigenvalue weighted by Gasteiger charge is 2.38. The van der Waals surface area contributed by atoms with E-state index < -0.39 is 11.5 Å². The van der Waals surface area contributed by atoms with Gasteiger partial charge in [-0.3, -0.25) is 4.79 Å². The van der Waals surface area contributed by atoms with Crippen molar-refractivity contribution in [2.24, 2.45) is 11.3 Å². The third-order valence-electron chi connectivity index (χ3n) is 8.86. The second-order valence-electron chi connectivity index (χ2n) is 12.2. The SMILES string of the molecule is CC1(C)CCC(C(=O)/C=C/c2nc(F)ccc2-c2cn(C(c3ccccc3)(c3ccccc3)c3ccccc3)cn2)CC1. The molecule has 1 aliphatic rings. The molecule has 0 amide bonds. The van der Waals surface area contributed by atoms with E-state index in [9.17, 15) is 9.18 Å². The molecule has 0 radical (unpaired) electrons. The Balaban J connectivity index is 1.43. The first-order chi connectivity index (χ1) is 20.9. The van der Waals surface area contributed by atoms with Gasteiger partial charge in [0.1, 0.15) is 5.54 Å². The summed E-state index contributed by atoms with van der Waals surface area (Å²) in [7, 11) is 0. The number of benzene rings is 3. The number of allylic oxidation sites excluding steroid dienone is 1. The Morgan fingerprint density at radius 3 is 1.91 bits per heavy atom. The minimum Gasteiger partial charge on any atom is -0.318 e. The predicted octanol–water partition coefficient (Wildman–Crippen LogP) is 8.72. The van der Waals surface area contributed by atoms with Gasteiger partial charge in [0.05, 0.1) is 17.7 Å². The Labute approximate surface area is 253 Å². The molecular weight excluding hydrogens is 533 g/mol. The second-order valence-corrected chi connectivity index (χ2v) is 12.2. The van der Waals surface area contributed by atoms with Gasteiger partial charge >= 0.3 is 0 Å². The van der Waals surface area contributed by atoms with Crippen LogP contribution in [0.1, 0.15) is 61.9 Å². The van der Waals surface area contributed by atoms with Crippen molar-refractivity contribution >= 4 is 11.9 Å². The summed E-state index contributed by atoms with van der Waals surface area (Å²) in [4.78, 5) is 22.1. The van der Waals surface area contributed by atoms with Crippen LogP contribution in [0.25, 0.3) is 17.3 Å². The molecule has 1 aliphatic carbocycles. The first kappa shape index (κ1) is 28.5. The van der Waals surface area contributed by atoms with Gasteiger partial charge in [-0.2, -0.15) is 4.39 Å². The molecule has 1 saturated carbocycles. The molecule has 6 rings (SSSR count). The number of hydrogen-bond acceptors (Lipinski definition) is 3. The molecule has 0 bridgehead atoms. The van der Waals surface area contributed by atoms with Gasteiger partial charge in [-0.25, -0.2) is 9.97 Å². The highest BCUT2D eigenvalue weighted by molar-refractivity contribution is 5.96. The summed E-state index contributed by atoms with van der Waals surface area (Å²) in [5.41, 5.74) is 4.50. The van der Waals surface area contributed by atoms with E-state index in [0.717, 1.165) is 42.4 Å². The van der Waals surface area contributed by atoms with E-state index in [1.807, 2.05) is 67.1 Å². The zero-order chi connectivity index (χ0) is 29.9. The number of carbonyl (C=O) groups is 1. The number of aromatic nitrogens is 3. The van der Waals surface area contributed by atoms with Crippen LogP contribution in [-0.2, 0) is 10.3 Å². The van der Waals surface area contributed by atoms with Gasteiger partial charge in [-0.15, -0.1) is 0 Å². The molecule has 0 spiro atoms. The van der Waals surface area contributed by atoms with E-state index >= 15 is 0 Å². The minimum absolute atomic E-state index is 0.00345. The maximum absolute atomic E-state index is 14.4. The largest absolute Gasteiger partial charge is 0.318 e. The molecule has 2 aromatic heterocycles. The Morgan fingerprint density at radius 1 is 0.837 bits per heavy atom. The van der Waals surface area contributed by atoms with Crippen LogP contribution < -0.4 is 0 Å². The average Bonchev–Trinajstić information content (AvgIpc) is 3.52. The van der Waals surface area contributed by atoms with Gasteiger partial charge in [0, 0.05) is 17.7 Å². The summed E-state index contributed by atoms with van der Waals surface area (Å²) in [5, 5.41) is 0. The lowest BCUT2D eigenvalue weighted by Crippen LogP contribution is -2.36. The topological polar surface area (TPSA) is 47.8 Å². The van der Waals surface area contributed by atoms with Crippen LogP contribution in [0, 0.1) is 17.3 Å². The van der Waals surface area contributed by atoms with E-state index in [2.05, 4.69) is 59.8 Å². The van der Waals surface area contributed by atoms with Crippen LogP contribution in [0.3, 0.4) is 0 Å². The number of nitrogens with zero attached hydrogens (tertiary/aromatic N) is 3. The molecule has 0 saturated heterocycles. The van der Waals surface area contributed by atoms with E-state index in [0.29, 0.717) is 17.0 Å². The van der Waals surface area contributed by atoms with Crippen molar-refractivity contribution in [1.29, 1.82) is 0 Å². The smallest absolute Gasteiger partial charge is 0.213 e. The molecule has 5 heteroatoms. The molecule has 0 N–H and O–H groups in total. The zero-order valence-electron chi connectivity index (χ0n) is 24.7. The Bertz CT molecular complexity index is 1620. The zero-order valence-corrected chi connectivity index (χ0v) is 24.7. The maximum Gasteiger partial charge on any atom is 0.213 e. The van der Waals surface area contributed by atoms with Gasteiger partial charge in [-0.1, -0.05) is 105 Å². The van der Waals surface area contributed by atoms with Crippen LogP contribution in [0.15, 0.2) is 122 Å². The van der Waals surface area contributed by atoms with Gasteiger partial charge in [0.25, 0.3) is 0 Å². The van der Waals surface area contributed by atoms with Crippen LogP contribution >= 0.6 is 0 Å². The average molecular weight is 570 g/mol. The Kier molecular flexibility index (Phi) is 7.90. The van der Waals surface area contributed by atoms with Crippen LogP contribution in [0.5, 0.6) is 0 Å². The van der Waals surface area contributed by atoms with Gasteiger partial charge in [-0.05, 0) is 72.1 Å². The summed E-state index contributed by atoms with van der Waals surface area (Å²) in [6.07, 6.45) is 10.9. The molecule has 0 unspecified atom stereocenters. The van der Waals surface area contributed by atoms with E-state index in [4.69, 9.17) is 4.98 Å². The third kappa shape index (κ3) is 5.72. The maximum atomic E-state index is 14.4. The molecular formula is C38H36FN3O. The molecule has 5 aromatic rings. The molecule has 2 heterocycles. The number of hydrogen-bond donors (Lipinski definition) is 0. The first-order valence-corrected chi connectivity index (χ1v) is 15.0. The Morgan fingerprint density at radius 2 is 1.37 bits per heavy atom. The van der Waals surface area contributed by atoms with Gasteiger partial charge in [0.2, 0.25) is 5.95 Å². The number of rotatable bonds is 8. The van der Waals surface area contributed by atoms with Crippen molar-refractivity contribution in [3.05, 3.63) is 150 Å². The lowest BCUT2D eigenvalue weighted by Gasteiger charge is -2.37. The molecule has 0 aliphatic heterocycles. The van der Waals surface area contributed by atoms with Crippen LogP contribution in [-0.4, -0.2) is 20.3 Å². The lowest BCUT2D eigenvalue weighted by molar-refractivity contribution is -0.119.